The highest BCUT2D eigenvalue weighted by molar-refractivity contribution is 5.92. The van der Waals surface area contributed by atoms with Crippen molar-refractivity contribution in [1.29, 1.82) is 0 Å². The fraction of sp³-hybridized carbons (Fsp3) is 0.208. The van der Waals surface area contributed by atoms with Crippen LogP contribution < -0.4 is 15.2 Å². The zero-order valence-corrected chi connectivity index (χ0v) is 18.1. The minimum atomic E-state index is 0.397. The second-order valence-corrected chi connectivity index (χ2v) is 7.73. The number of hydrogen-bond donors (Lipinski definition) is 0. The molecule has 7 heteroatoms. The molecule has 7 nitrogen and oxygen atoms in total. The van der Waals surface area contributed by atoms with Crippen LogP contribution in [0.5, 0.6) is 0 Å². The first-order chi connectivity index (χ1) is 15.0. The highest BCUT2D eigenvalue weighted by atomic mass is 16.3. The molecule has 0 fully saturated rings. The first kappa shape index (κ1) is 20.3. The van der Waals surface area contributed by atoms with Crippen LogP contribution in [0.1, 0.15) is 5.56 Å². The van der Waals surface area contributed by atoms with E-state index in [-0.39, 0.29) is 0 Å². The Kier molecular flexibility index (Phi) is 5.52. The summed E-state index contributed by atoms with van der Waals surface area (Å²) in [7, 11) is 8.02. The van der Waals surface area contributed by atoms with Gasteiger partial charge in [0.05, 0.1) is 11.9 Å². The van der Waals surface area contributed by atoms with Crippen LogP contribution >= 0.6 is 0 Å². The van der Waals surface area contributed by atoms with Crippen molar-refractivity contribution < 1.29 is 4.42 Å². The van der Waals surface area contributed by atoms with Gasteiger partial charge >= 0.3 is 0 Å². The Morgan fingerprint density at radius 3 is 1.97 bits per heavy atom. The number of fused-ring (bicyclic) bond motifs is 2. The number of benzene rings is 3. The molecule has 0 aliphatic carbocycles. The molecule has 0 saturated heterocycles. The summed E-state index contributed by atoms with van der Waals surface area (Å²) in [6.45, 7) is 0.397. The number of hydrogen-bond acceptors (Lipinski definition) is 5. The van der Waals surface area contributed by atoms with E-state index >= 15 is 0 Å². The number of rotatable bonds is 5. The van der Waals surface area contributed by atoms with Crippen LogP contribution in [0.2, 0.25) is 0 Å². The topological polar surface area (TPSA) is 80.7 Å². The molecule has 1 heterocycles. The molecule has 0 aliphatic heterocycles. The summed E-state index contributed by atoms with van der Waals surface area (Å²) < 4.78 is 6.30. The molecule has 0 atom stereocenters. The van der Waals surface area contributed by atoms with E-state index in [9.17, 15) is 0 Å². The van der Waals surface area contributed by atoms with Crippen LogP contribution in [0.15, 0.2) is 75.2 Å². The summed E-state index contributed by atoms with van der Waals surface area (Å²) in [5.41, 5.74) is 14.0. The maximum Gasteiger partial charge on any atom is 0.138 e. The summed E-state index contributed by atoms with van der Waals surface area (Å²) in [5.74, 6) is 0. The lowest BCUT2D eigenvalue weighted by molar-refractivity contribution is 0.659. The van der Waals surface area contributed by atoms with Gasteiger partial charge in [-0.25, -0.2) is 0 Å². The van der Waals surface area contributed by atoms with Gasteiger partial charge in [0.2, 0.25) is 0 Å². The van der Waals surface area contributed by atoms with Crippen LogP contribution in [0.3, 0.4) is 0 Å². The molecule has 0 aliphatic rings. The van der Waals surface area contributed by atoms with E-state index in [0.29, 0.717) is 12.2 Å². The van der Waals surface area contributed by atoms with Crippen LogP contribution in [0, 0.1) is 0 Å². The Morgan fingerprint density at radius 1 is 0.839 bits per heavy atom. The lowest BCUT2D eigenvalue weighted by atomic mass is 10.1. The minimum absolute atomic E-state index is 0.397. The quantitative estimate of drug-likeness (QED) is 0.181. The predicted molar refractivity (Wildman–Crippen MR) is 127 cm³/mol. The third kappa shape index (κ3) is 4.04. The van der Waals surface area contributed by atoms with Gasteiger partial charge in [0, 0.05) is 73.1 Å². The van der Waals surface area contributed by atoms with E-state index < -0.39 is 0 Å². The highest BCUT2D eigenvalue weighted by Gasteiger charge is 2.10. The Labute approximate surface area is 180 Å². The zero-order valence-electron chi connectivity index (χ0n) is 18.1. The number of azide groups is 1. The van der Waals surface area contributed by atoms with Crippen molar-refractivity contribution in [3.8, 4) is 0 Å². The molecule has 0 saturated carbocycles. The molecule has 4 aromatic rings. The van der Waals surface area contributed by atoms with E-state index in [1.807, 2.05) is 80.5 Å². The van der Waals surface area contributed by atoms with Crippen LogP contribution in [0.4, 0.5) is 17.1 Å². The van der Waals surface area contributed by atoms with Gasteiger partial charge in [0.25, 0.3) is 0 Å². The van der Waals surface area contributed by atoms with Gasteiger partial charge in [-0.3, -0.25) is 4.99 Å². The molecule has 0 amide bonds. The van der Waals surface area contributed by atoms with Gasteiger partial charge in [-0.1, -0.05) is 29.4 Å². The third-order valence-corrected chi connectivity index (χ3v) is 5.24. The van der Waals surface area contributed by atoms with Gasteiger partial charge in [-0.2, -0.15) is 0 Å². The van der Waals surface area contributed by atoms with Gasteiger partial charge in [-0.15, -0.1) is 0 Å². The van der Waals surface area contributed by atoms with Gasteiger partial charge < -0.3 is 14.2 Å². The summed E-state index contributed by atoms with van der Waals surface area (Å²) in [6, 6.07) is 19.8. The van der Waals surface area contributed by atoms with E-state index in [1.54, 1.807) is 6.07 Å². The summed E-state index contributed by atoms with van der Waals surface area (Å²) in [5, 5.41) is 6.54. The highest BCUT2D eigenvalue weighted by Crippen LogP contribution is 2.26. The lowest BCUT2D eigenvalue weighted by Crippen LogP contribution is -2.11. The molecule has 4 rings (SSSR count). The fourth-order valence-electron chi connectivity index (χ4n) is 3.53. The minimum Gasteiger partial charge on any atom is -0.456 e. The zero-order chi connectivity index (χ0) is 22.0. The van der Waals surface area contributed by atoms with Crippen LogP contribution in [0.25, 0.3) is 32.4 Å². The molecule has 0 spiro atoms. The van der Waals surface area contributed by atoms with Crippen molar-refractivity contribution in [2.75, 3.05) is 38.0 Å². The first-order valence-corrected chi connectivity index (χ1v) is 9.96. The van der Waals surface area contributed by atoms with Gasteiger partial charge in [0.1, 0.15) is 11.2 Å². The second-order valence-electron chi connectivity index (χ2n) is 7.73. The number of nitrogens with zero attached hydrogens (tertiary/aromatic N) is 6. The van der Waals surface area contributed by atoms with Crippen molar-refractivity contribution in [3.05, 3.63) is 82.0 Å². The lowest BCUT2D eigenvalue weighted by Gasteiger charge is -2.15. The van der Waals surface area contributed by atoms with E-state index in [0.717, 1.165) is 44.2 Å². The molecule has 1 aromatic heterocycles. The monoisotopic (exact) mass is 412 g/mol. The van der Waals surface area contributed by atoms with Crippen LogP contribution in [-0.4, -0.2) is 28.2 Å². The fourth-order valence-corrected chi connectivity index (χ4v) is 3.53. The maximum atomic E-state index is 8.86. The molecular formula is C24H24N6O. The largest absolute Gasteiger partial charge is 0.456 e. The van der Waals surface area contributed by atoms with E-state index in [4.69, 9.17) is 14.9 Å². The molecule has 0 radical (unpaired) electrons. The van der Waals surface area contributed by atoms with Crippen molar-refractivity contribution in [2.45, 2.75) is 6.54 Å². The summed E-state index contributed by atoms with van der Waals surface area (Å²) in [6.07, 6.45) is 0. The third-order valence-electron chi connectivity index (χ3n) is 5.24. The molecule has 31 heavy (non-hydrogen) atoms. The molecule has 0 bridgehead atoms. The van der Waals surface area contributed by atoms with E-state index in [1.165, 1.54) is 0 Å². The van der Waals surface area contributed by atoms with Crippen molar-refractivity contribution >= 4 is 39.0 Å². The Hall–Kier alpha value is -3.96. The molecule has 0 unspecified atom stereocenters. The van der Waals surface area contributed by atoms with Gasteiger partial charge in [-0.05, 0) is 35.4 Å². The Morgan fingerprint density at radius 2 is 1.42 bits per heavy atom. The second kappa shape index (κ2) is 8.42. The molecule has 0 N–H and O–H groups in total. The van der Waals surface area contributed by atoms with Crippen molar-refractivity contribution in [2.24, 2.45) is 10.1 Å². The van der Waals surface area contributed by atoms with Crippen LogP contribution in [-0.2, 0) is 6.54 Å². The maximum absolute atomic E-state index is 8.86. The van der Waals surface area contributed by atoms with Crippen molar-refractivity contribution in [1.82, 2.24) is 0 Å². The summed E-state index contributed by atoms with van der Waals surface area (Å²) >= 11 is 0. The Bertz CT molecular complexity index is 1310. The van der Waals surface area contributed by atoms with E-state index in [2.05, 4.69) is 22.2 Å². The average Bonchev–Trinajstić information content (AvgIpc) is 2.76. The standard InChI is InChI=1S/C24H24N6O/c1-29(2)17-9-11-19-22(13-17)31-23-14-18(30(3)4)10-12-20(23)24(19)26-15-16-7-5-6-8-21(16)27-28-25/h5-14H,15H2,1-4H3. The van der Waals surface area contributed by atoms with Gasteiger partial charge in [0.15, 0.2) is 0 Å². The predicted octanol–water partition coefficient (Wildman–Crippen LogP) is 5.76. The molecule has 156 valence electrons. The first-order valence-electron chi connectivity index (χ1n) is 9.96. The smallest absolute Gasteiger partial charge is 0.138 e. The Balaban J connectivity index is 1.98. The average molecular weight is 412 g/mol. The normalized spacial score (nSPS) is 10.7. The molecule has 3 aromatic carbocycles. The SMILES string of the molecule is CN(C)c1ccc2c(=NCc3ccccc3N=[N+]=[N-])c3ccc(N(C)C)cc3oc2c1. The van der Waals surface area contributed by atoms with Crippen molar-refractivity contribution in [3.63, 3.8) is 0 Å². The summed E-state index contributed by atoms with van der Waals surface area (Å²) in [4.78, 5) is 12.0. The molecular weight excluding hydrogens is 388 g/mol. The number of anilines is 2.